The summed E-state index contributed by atoms with van der Waals surface area (Å²) < 4.78 is 40.1. The molecule has 10 heteroatoms. The number of amides is 1. The molecule has 1 aliphatic heterocycles. The van der Waals surface area contributed by atoms with Crippen LogP contribution in [0.15, 0.2) is 24.4 Å². The number of rotatable bonds is 4. The van der Waals surface area contributed by atoms with Crippen molar-refractivity contribution in [3.05, 3.63) is 63.1 Å². The minimum atomic E-state index is -3.68. The van der Waals surface area contributed by atoms with E-state index in [2.05, 4.69) is 10.3 Å². The average molecular weight is 464 g/mol. The first-order chi connectivity index (χ1) is 14.5. The fourth-order valence-electron chi connectivity index (χ4n) is 3.76. The van der Waals surface area contributed by atoms with Crippen LogP contribution in [0.3, 0.4) is 0 Å². The fourth-order valence-corrected chi connectivity index (χ4v) is 4.48. The number of phenols is 1. The fraction of sp³-hybridized carbons (Fsp3) is 0.238. The molecule has 0 bridgehead atoms. The summed E-state index contributed by atoms with van der Waals surface area (Å²) in [6, 6.07) is 4.54. The molecule has 0 fully saturated rings. The number of sulfonamides is 1. The topological polar surface area (TPSA) is 99.6 Å². The van der Waals surface area contributed by atoms with Crippen LogP contribution in [-0.4, -0.2) is 37.7 Å². The van der Waals surface area contributed by atoms with Gasteiger partial charge < -0.3 is 10.4 Å². The molecule has 0 saturated carbocycles. The largest absolute Gasteiger partial charge is 0.505 e. The van der Waals surface area contributed by atoms with Crippen molar-refractivity contribution in [3.8, 4) is 5.75 Å². The highest BCUT2D eigenvalue weighted by molar-refractivity contribution is 7.92. The number of pyridine rings is 1. The van der Waals surface area contributed by atoms with Gasteiger partial charge in [-0.15, -0.1) is 0 Å². The van der Waals surface area contributed by atoms with Gasteiger partial charge in [0.25, 0.3) is 5.91 Å². The molecule has 3 aromatic rings. The molecular formula is C21H19ClFN3O4S. The first-order valence-corrected chi connectivity index (χ1v) is 11.5. The highest BCUT2D eigenvalue weighted by atomic mass is 35.5. The number of aryl methyl sites for hydroxylation is 1. The van der Waals surface area contributed by atoms with Crippen LogP contribution >= 0.6 is 11.6 Å². The number of nitrogens with zero attached hydrogens (tertiary/aromatic N) is 2. The molecule has 7 nitrogen and oxygen atoms in total. The molecule has 0 atom stereocenters. The van der Waals surface area contributed by atoms with E-state index in [1.165, 1.54) is 19.3 Å². The number of halogens is 2. The third-order valence-electron chi connectivity index (χ3n) is 5.44. The maximum absolute atomic E-state index is 14.4. The van der Waals surface area contributed by atoms with E-state index in [1.54, 1.807) is 19.1 Å². The number of aromatic hydroxyl groups is 1. The van der Waals surface area contributed by atoms with Crippen LogP contribution in [0.2, 0.25) is 5.02 Å². The summed E-state index contributed by atoms with van der Waals surface area (Å²) in [6.45, 7) is 1.78. The molecule has 0 unspecified atom stereocenters. The zero-order chi connectivity index (χ0) is 22.7. The lowest BCUT2D eigenvalue weighted by Gasteiger charge is -2.22. The maximum Gasteiger partial charge on any atom is 0.255 e. The molecule has 0 saturated heterocycles. The number of benzene rings is 2. The summed E-state index contributed by atoms with van der Waals surface area (Å²) in [4.78, 5) is 16.5. The minimum Gasteiger partial charge on any atom is -0.505 e. The normalized spacial score (nSPS) is 13.4. The van der Waals surface area contributed by atoms with E-state index in [0.29, 0.717) is 32.7 Å². The monoisotopic (exact) mass is 463 g/mol. The van der Waals surface area contributed by atoms with E-state index >= 15 is 0 Å². The molecule has 1 amide bonds. The van der Waals surface area contributed by atoms with Gasteiger partial charge in [0.2, 0.25) is 10.0 Å². The molecular weight excluding hydrogens is 445 g/mol. The van der Waals surface area contributed by atoms with Gasteiger partial charge in [0.1, 0.15) is 11.3 Å². The molecule has 0 radical (unpaired) electrons. The van der Waals surface area contributed by atoms with Crippen molar-refractivity contribution in [2.24, 2.45) is 0 Å². The van der Waals surface area contributed by atoms with E-state index in [1.807, 2.05) is 0 Å². The van der Waals surface area contributed by atoms with Crippen LogP contribution in [0, 0.1) is 12.7 Å². The van der Waals surface area contributed by atoms with Crippen molar-refractivity contribution in [3.63, 3.8) is 0 Å². The number of anilines is 1. The lowest BCUT2D eigenvalue weighted by molar-refractivity contribution is 0.0963. The molecule has 2 aromatic carbocycles. The second kappa shape index (κ2) is 7.35. The summed E-state index contributed by atoms with van der Waals surface area (Å²) in [5.41, 5.74) is 2.28. The van der Waals surface area contributed by atoms with E-state index in [9.17, 15) is 22.7 Å². The van der Waals surface area contributed by atoms with Crippen molar-refractivity contribution in [1.29, 1.82) is 0 Å². The van der Waals surface area contributed by atoms with Gasteiger partial charge in [-0.2, -0.15) is 0 Å². The van der Waals surface area contributed by atoms with Gasteiger partial charge in [0.15, 0.2) is 5.75 Å². The highest BCUT2D eigenvalue weighted by Crippen LogP contribution is 2.42. The van der Waals surface area contributed by atoms with Crippen molar-refractivity contribution >= 4 is 44.1 Å². The number of aromatic nitrogens is 1. The van der Waals surface area contributed by atoms with E-state index < -0.39 is 21.7 Å². The molecule has 4 rings (SSSR count). The van der Waals surface area contributed by atoms with Gasteiger partial charge in [0, 0.05) is 42.2 Å². The van der Waals surface area contributed by atoms with Gasteiger partial charge in [-0.25, -0.2) is 12.8 Å². The molecule has 1 aromatic heterocycles. The van der Waals surface area contributed by atoms with Gasteiger partial charge in [0.05, 0.1) is 17.5 Å². The lowest BCUT2D eigenvalue weighted by atomic mass is 9.98. The number of carbonyl (C=O) groups is 1. The zero-order valence-corrected chi connectivity index (χ0v) is 18.5. The van der Waals surface area contributed by atoms with Crippen LogP contribution in [0.25, 0.3) is 10.9 Å². The van der Waals surface area contributed by atoms with Gasteiger partial charge in [-0.05, 0) is 41.8 Å². The van der Waals surface area contributed by atoms with Crippen LogP contribution < -0.4 is 9.62 Å². The number of hydrogen-bond donors (Lipinski definition) is 2. The molecule has 162 valence electrons. The zero-order valence-electron chi connectivity index (χ0n) is 17.0. The number of phenolic OH excluding ortho intramolecular Hbond substituents is 1. The maximum atomic E-state index is 14.4. The Labute approximate surface area is 183 Å². The molecule has 2 N–H and O–H groups in total. The van der Waals surface area contributed by atoms with Crippen LogP contribution in [-0.2, 0) is 23.0 Å². The Hall–Kier alpha value is -2.91. The average Bonchev–Trinajstić information content (AvgIpc) is 3.07. The number of carbonyl (C=O) groups excluding carboxylic acids is 1. The minimum absolute atomic E-state index is 0.00890. The Morgan fingerprint density at radius 2 is 2.03 bits per heavy atom. The third-order valence-corrected chi connectivity index (χ3v) is 7.02. The van der Waals surface area contributed by atoms with E-state index in [0.717, 1.165) is 10.6 Å². The third kappa shape index (κ3) is 3.57. The second-order valence-corrected chi connectivity index (χ2v) is 9.99. The Balaban J connectivity index is 1.95. The Bertz CT molecular complexity index is 1380. The second-order valence-electron chi connectivity index (χ2n) is 7.57. The summed E-state index contributed by atoms with van der Waals surface area (Å²) in [5, 5.41) is 14.1. The molecule has 0 aliphatic carbocycles. The van der Waals surface area contributed by atoms with E-state index in [4.69, 9.17) is 11.6 Å². The molecule has 2 heterocycles. The van der Waals surface area contributed by atoms with Crippen LogP contribution in [0.1, 0.15) is 32.6 Å². The van der Waals surface area contributed by atoms with Crippen molar-refractivity contribution in [2.75, 3.05) is 17.6 Å². The SMILES string of the molecule is Cc1cc(F)c(Cc2cnc3c(O)c4c(c(N(C)S(C)(=O)=O)c3c2)CNC4=O)cc1Cl. The van der Waals surface area contributed by atoms with Gasteiger partial charge >= 0.3 is 0 Å². The highest BCUT2D eigenvalue weighted by Gasteiger charge is 2.32. The van der Waals surface area contributed by atoms with Crippen molar-refractivity contribution in [1.82, 2.24) is 10.3 Å². The predicted molar refractivity (Wildman–Crippen MR) is 117 cm³/mol. The first-order valence-electron chi connectivity index (χ1n) is 9.32. The van der Waals surface area contributed by atoms with E-state index in [-0.39, 0.29) is 35.5 Å². The number of hydrogen-bond acceptors (Lipinski definition) is 5. The van der Waals surface area contributed by atoms with Crippen molar-refractivity contribution < 1.29 is 22.7 Å². The predicted octanol–water partition coefficient (Wildman–Crippen LogP) is 3.27. The summed E-state index contributed by atoms with van der Waals surface area (Å²) in [7, 11) is -2.31. The molecule has 1 aliphatic rings. The molecule has 0 spiro atoms. The number of nitrogens with one attached hydrogen (secondary N) is 1. The molecule has 31 heavy (non-hydrogen) atoms. The quantitative estimate of drug-likeness (QED) is 0.618. The van der Waals surface area contributed by atoms with Crippen LogP contribution in [0.4, 0.5) is 10.1 Å². The summed E-state index contributed by atoms with van der Waals surface area (Å²) in [6.07, 6.45) is 2.66. The van der Waals surface area contributed by atoms with Crippen LogP contribution in [0.5, 0.6) is 5.75 Å². The Morgan fingerprint density at radius 1 is 1.32 bits per heavy atom. The first kappa shape index (κ1) is 21.3. The summed E-state index contributed by atoms with van der Waals surface area (Å²) >= 11 is 6.13. The smallest absolute Gasteiger partial charge is 0.255 e. The lowest BCUT2D eigenvalue weighted by Crippen LogP contribution is -2.26. The Kier molecular flexibility index (Phi) is 5.06. The standard InChI is InChI=1S/C21H19ClFN3O4S/c1-10-4-16(23)12(7-15(10)22)5-11-6-13-18(24-8-11)20(27)17-14(9-25-21(17)28)19(13)26(2)31(3,29)30/h4,6-8,27H,5,9H2,1-3H3,(H,25,28). The van der Waals surface area contributed by atoms with Gasteiger partial charge in [-0.1, -0.05) is 11.6 Å². The summed E-state index contributed by atoms with van der Waals surface area (Å²) in [5.74, 6) is -1.23. The van der Waals surface area contributed by atoms with Crippen molar-refractivity contribution in [2.45, 2.75) is 19.9 Å². The van der Waals surface area contributed by atoms with Gasteiger partial charge in [-0.3, -0.25) is 14.1 Å². The Morgan fingerprint density at radius 3 is 2.71 bits per heavy atom. The number of fused-ring (bicyclic) bond motifs is 2.